The summed E-state index contributed by atoms with van der Waals surface area (Å²) in [5.74, 6) is 0. The van der Waals surface area contributed by atoms with Crippen LogP contribution in [-0.2, 0) is 5.41 Å². The summed E-state index contributed by atoms with van der Waals surface area (Å²) in [6.07, 6.45) is 0. The molecule has 0 aromatic heterocycles. The molecule has 1 heteroatoms. The third-order valence-corrected chi connectivity index (χ3v) is 8.94. The zero-order valence-corrected chi connectivity index (χ0v) is 17.7. The van der Waals surface area contributed by atoms with Gasteiger partial charge in [0.25, 0.3) is 0 Å². The molecule has 0 aliphatic rings. The molecule has 4 aromatic rings. The average molecular weight is 382 g/mol. The topological polar surface area (TPSA) is 0 Å². The van der Waals surface area contributed by atoms with Gasteiger partial charge in [0.2, 0.25) is 0 Å². The SMILES string of the molecule is CC(C)(c1ccccc1)c1ccccc1[PH2](c1ccccc1)c1ccccc1. The second-order valence-corrected chi connectivity index (χ2v) is 10.7. The van der Waals surface area contributed by atoms with Crippen LogP contribution in [0.15, 0.2) is 115 Å². The molecule has 0 saturated carbocycles. The maximum absolute atomic E-state index is 2.36. The number of hydrogen-bond donors (Lipinski definition) is 0. The van der Waals surface area contributed by atoms with Crippen LogP contribution in [0.2, 0.25) is 0 Å². The van der Waals surface area contributed by atoms with Crippen LogP contribution >= 0.6 is 7.92 Å². The zero-order valence-electron chi connectivity index (χ0n) is 16.5. The van der Waals surface area contributed by atoms with Crippen LogP contribution in [0.5, 0.6) is 0 Å². The van der Waals surface area contributed by atoms with Crippen molar-refractivity contribution in [2.75, 3.05) is 0 Å². The van der Waals surface area contributed by atoms with Gasteiger partial charge in [-0.25, -0.2) is 0 Å². The van der Waals surface area contributed by atoms with Gasteiger partial charge in [0.1, 0.15) is 0 Å². The van der Waals surface area contributed by atoms with Crippen LogP contribution < -0.4 is 15.9 Å². The molecule has 0 aliphatic carbocycles. The van der Waals surface area contributed by atoms with Crippen molar-refractivity contribution in [2.45, 2.75) is 19.3 Å². The van der Waals surface area contributed by atoms with Gasteiger partial charge < -0.3 is 0 Å². The predicted octanol–water partition coefficient (Wildman–Crippen LogP) is 5.24. The van der Waals surface area contributed by atoms with Gasteiger partial charge in [0.15, 0.2) is 0 Å². The molecule has 0 spiro atoms. The molecule has 0 nitrogen and oxygen atoms in total. The Morgan fingerprint density at radius 3 is 1.46 bits per heavy atom. The van der Waals surface area contributed by atoms with Crippen molar-refractivity contribution in [1.29, 1.82) is 0 Å². The van der Waals surface area contributed by atoms with Crippen molar-refractivity contribution in [1.82, 2.24) is 0 Å². The number of rotatable bonds is 5. The van der Waals surface area contributed by atoms with Crippen molar-refractivity contribution in [3.8, 4) is 0 Å². The van der Waals surface area contributed by atoms with E-state index in [9.17, 15) is 0 Å². The molecule has 4 aromatic carbocycles. The van der Waals surface area contributed by atoms with Crippen LogP contribution in [0, 0.1) is 0 Å². The molecule has 0 atom stereocenters. The Hall–Kier alpha value is -2.69. The summed E-state index contributed by atoms with van der Waals surface area (Å²) in [7, 11) is -1.57. The van der Waals surface area contributed by atoms with E-state index in [1.54, 1.807) is 0 Å². The molecule has 0 radical (unpaired) electrons. The fourth-order valence-corrected chi connectivity index (χ4v) is 7.56. The first-order valence-corrected chi connectivity index (χ1v) is 11.7. The molecule has 140 valence electrons. The van der Waals surface area contributed by atoms with Gasteiger partial charge in [-0.15, -0.1) is 0 Å². The molecule has 0 amide bonds. The quantitative estimate of drug-likeness (QED) is 0.414. The Kier molecular flexibility index (Phi) is 5.42. The third-order valence-electron chi connectivity index (χ3n) is 5.71. The molecular weight excluding hydrogens is 355 g/mol. The molecule has 0 fully saturated rings. The Morgan fingerprint density at radius 2 is 0.929 bits per heavy atom. The van der Waals surface area contributed by atoms with Crippen molar-refractivity contribution in [3.63, 3.8) is 0 Å². The van der Waals surface area contributed by atoms with E-state index in [0.717, 1.165) is 0 Å². The van der Waals surface area contributed by atoms with E-state index in [4.69, 9.17) is 0 Å². The van der Waals surface area contributed by atoms with Gasteiger partial charge in [-0.3, -0.25) is 0 Å². The first-order chi connectivity index (χ1) is 13.7. The van der Waals surface area contributed by atoms with E-state index in [0.29, 0.717) is 0 Å². The van der Waals surface area contributed by atoms with Gasteiger partial charge in [-0.2, -0.15) is 0 Å². The normalized spacial score (nSPS) is 11.9. The van der Waals surface area contributed by atoms with Gasteiger partial charge in [-0.1, -0.05) is 0 Å². The summed E-state index contributed by atoms with van der Waals surface area (Å²) in [6, 6.07) is 42.1. The summed E-state index contributed by atoms with van der Waals surface area (Å²) >= 11 is 0. The standard InChI is InChI=1S/C27H27P/c1-27(2,22-14-6-3-7-15-22)25-20-12-13-21-26(25)28(23-16-8-4-9-17-23)24-18-10-5-11-19-24/h3-21H,28H2,1-2H3. The fraction of sp³-hybridized carbons (Fsp3) is 0.111. The fourth-order valence-electron chi connectivity index (χ4n) is 4.17. The second kappa shape index (κ2) is 8.13. The van der Waals surface area contributed by atoms with E-state index in [-0.39, 0.29) is 5.41 Å². The van der Waals surface area contributed by atoms with Crippen LogP contribution in [0.25, 0.3) is 0 Å². The average Bonchev–Trinajstić information content (AvgIpc) is 2.76. The van der Waals surface area contributed by atoms with Crippen molar-refractivity contribution in [2.24, 2.45) is 0 Å². The van der Waals surface area contributed by atoms with Gasteiger partial charge in [0, 0.05) is 0 Å². The van der Waals surface area contributed by atoms with E-state index < -0.39 is 7.92 Å². The summed E-state index contributed by atoms with van der Waals surface area (Å²) in [5, 5.41) is 4.43. The van der Waals surface area contributed by atoms with E-state index >= 15 is 0 Å². The molecule has 0 unspecified atom stereocenters. The third kappa shape index (κ3) is 3.66. The van der Waals surface area contributed by atoms with Crippen molar-refractivity contribution < 1.29 is 0 Å². The first kappa shape index (κ1) is 18.7. The summed E-state index contributed by atoms with van der Waals surface area (Å²) < 4.78 is 0. The van der Waals surface area contributed by atoms with Crippen molar-refractivity contribution >= 4 is 23.8 Å². The van der Waals surface area contributed by atoms with Crippen molar-refractivity contribution in [3.05, 3.63) is 126 Å². The van der Waals surface area contributed by atoms with Crippen LogP contribution in [0.1, 0.15) is 25.0 Å². The Labute approximate surface area is 169 Å². The summed E-state index contributed by atoms with van der Waals surface area (Å²) in [6.45, 7) is 4.70. The molecule has 0 heterocycles. The molecule has 0 saturated heterocycles. The molecule has 28 heavy (non-hydrogen) atoms. The van der Waals surface area contributed by atoms with Crippen LogP contribution in [0.3, 0.4) is 0 Å². The number of hydrogen-bond acceptors (Lipinski definition) is 0. The van der Waals surface area contributed by atoms with Gasteiger partial charge >= 0.3 is 169 Å². The van der Waals surface area contributed by atoms with Crippen LogP contribution in [-0.4, -0.2) is 0 Å². The van der Waals surface area contributed by atoms with Crippen LogP contribution in [0.4, 0.5) is 0 Å². The minimum absolute atomic E-state index is 0.0489. The Bertz CT molecular complexity index is 982. The molecule has 4 rings (SSSR count). The Morgan fingerprint density at radius 1 is 0.500 bits per heavy atom. The zero-order chi connectivity index (χ0) is 19.4. The minimum atomic E-state index is -1.57. The first-order valence-electron chi connectivity index (χ1n) is 9.93. The number of benzene rings is 4. The molecular formula is C27H27P. The summed E-state index contributed by atoms with van der Waals surface area (Å²) in [5.41, 5.74) is 2.74. The summed E-state index contributed by atoms with van der Waals surface area (Å²) in [4.78, 5) is 0. The predicted molar refractivity (Wildman–Crippen MR) is 127 cm³/mol. The maximum atomic E-state index is 2.36. The molecule has 0 bridgehead atoms. The van der Waals surface area contributed by atoms with E-state index in [2.05, 4.69) is 129 Å². The monoisotopic (exact) mass is 382 g/mol. The Balaban J connectivity index is 1.92. The molecule has 0 N–H and O–H groups in total. The second-order valence-electron chi connectivity index (χ2n) is 7.83. The molecule has 0 aliphatic heterocycles. The van der Waals surface area contributed by atoms with Gasteiger partial charge in [0.05, 0.1) is 0 Å². The van der Waals surface area contributed by atoms with E-state index in [1.165, 1.54) is 27.0 Å². The van der Waals surface area contributed by atoms with Gasteiger partial charge in [-0.05, 0) is 0 Å². The van der Waals surface area contributed by atoms with E-state index in [1.807, 2.05) is 0 Å².